The number of carboxylic acid groups (broad SMARTS) is 1. The molecule has 7 heteroatoms. The summed E-state index contributed by atoms with van der Waals surface area (Å²) in [5, 5.41) is 16.8. The Labute approximate surface area is 157 Å². The first-order valence-corrected chi connectivity index (χ1v) is 9.34. The first kappa shape index (κ1) is 17.6. The first-order chi connectivity index (χ1) is 13.1. The van der Waals surface area contributed by atoms with Crippen molar-refractivity contribution in [2.45, 2.75) is 50.5 Å². The van der Waals surface area contributed by atoms with Crippen LogP contribution >= 0.6 is 0 Å². The average Bonchev–Trinajstić information content (AvgIpc) is 3.36. The Bertz CT molecular complexity index is 851. The van der Waals surface area contributed by atoms with Gasteiger partial charge in [-0.15, -0.1) is 0 Å². The lowest BCUT2D eigenvalue weighted by molar-refractivity contribution is -0.155. The van der Waals surface area contributed by atoms with Crippen LogP contribution in [0.25, 0.3) is 0 Å². The number of carboxylic acids is 1. The van der Waals surface area contributed by atoms with E-state index in [1.54, 1.807) is 0 Å². The van der Waals surface area contributed by atoms with Gasteiger partial charge in [-0.25, -0.2) is 9.79 Å². The molecule has 7 nitrogen and oxygen atoms in total. The lowest BCUT2D eigenvalue weighted by Crippen LogP contribution is -2.41. The molecule has 142 valence electrons. The molecule has 1 fully saturated rings. The second kappa shape index (κ2) is 7.06. The van der Waals surface area contributed by atoms with Crippen LogP contribution in [0.3, 0.4) is 0 Å². The molecular formula is C20H23N3O4. The smallest absolute Gasteiger partial charge is 0.356 e. The average molecular weight is 369 g/mol. The normalized spacial score (nSPS) is 30.3. The van der Waals surface area contributed by atoms with Crippen LogP contribution in [0.5, 0.6) is 0 Å². The number of rotatable bonds is 3. The predicted octanol–water partition coefficient (Wildman–Crippen LogP) is 3.42. The first-order valence-electron chi connectivity index (χ1n) is 9.34. The van der Waals surface area contributed by atoms with Crippen molar-refractivity contribution >= 4 is 12.0 Å². The third-order valence-electron chi connectivity index (χ3n) is 5.35. The number of ether oxygens (including phenoxy) is 1. The maximum atomic E-state index is 11.9. The molecule has 1 aliphatic heterocycles. The minimum Gasteiger partial charge on any atom is -0.478 e. The molecule has 0 amide bonds. The maximum absolute atomic E-state index is 11.9. The summed E-state index contributed by atoms with van der Waals surface area (Å²) in [6.07, 6.45) is 10.7. The molecule has 0 spiro atoms. The number of fused-ring (bicyclic) bond motifs is 1. The minimum absolute atomic E-state index is 0.0423. The summed E-state index contributed by atoms with van der Waals surface area (Å²) >= 11 is 0. The van der Waals surface area contributed by atoms with Gasteiger partial charge in [0, 0.05) is 11.8 Å². The summed E-state index contributed by atoms with van der Waals surface area (Å²) in [5.74, 6) is -1.14. The van der Waals surface area contributed by atoms with Gasteiger partial charge in [0.15, 0.2) is 0 Å². The fourth-order valence-corrected chi connectivity index (χ4v) is 3.91. The van der Waals surface area contributed by atoms with Crippen molar-refractivity contribution < 1.29 is 19.2 Å². The van der Waals surface area contributed by atoms with Crippen molar-refractivity contribution in [2.75, 3.05) is 6.54 Å². The monoisotopic (exact) mass is 369 g/mol. The van der Waals surface area contributed by atoms with Gasteiger partial charge in [-0.05, 0) is 56.1 Å². The number of hydrogen-bond acceptors (Lipinski definition) is 6. The Morgan fingerprint density at radius 2 is 2.07 bits per heavy atom. The molecule has 4 rings (SSSR count). The van der Waals surface area contributed by atoms with Gasteiger partial charge in [0.25, 0.3) is 11.6 Å². The fourth-order valence-electron chi connectivity index (χ4n) is 3.91. The van der Waals surface area contributed by atoms with Crippen molar-refractivity contribution in [3.05, 3.63) is 53.1 Å². The lowest BCUT2D eigenvalue weighted by Gasteiger charge is -2.22. The molecule has 2 heterocycles. The number of hydrogen-bond donors (Lipinski definition) is 2. The van der Waals surface area contributed by atoms with Gasteiger partial charge in [0.1, 0.15) is 18.5 Å². The number of nitrogens with zero attached hydrogens (tertiary/aromatic N) is 2. The summed E-state index contributed by atoms with van der Waals surface area (Å²) in [4.78, 5) is 16.2. The summed E-state index contributed by atoms with van der Waals surface area (Å²) < 4.78 is 10.6. The van der Waals surface area contributed by atoms with Crippen molar-refractivity contribution in [3.8, 4) is 0 Å². The molecule has 1 unspecified atom stereocenters. The van der Waals surface area contributed by atoms with Crippen LogP contribution in [0.15, 0.2) is 56.9 Å². The predicted molar refractivity (Wildman–Crippen MR) is 98.9 cm³/mol. The van der Waals surface area contributed by atoms with Crippen LogP contribution in [0.2, 0.25) is 0 Å². The number of amidine groups is 1. The lowest BCUT2D eigenvalue weighted by atomic mass is 10.0. The minimum atomic E-state index is -1.64. The van der Waals surface area contributed by atoms with E-state index >= 15 is 0 Å². The molecule has 0 radical (unpaired) electrons. The Balaban J connectivity index is 1.59. The van der Waals surface area contributed by atoms with Crippen molar-refractivity contribution in [2.24, 2.45) is 4.99 Å². The van der Waals surface area contributed by atoms with Gasteiger partial charge in [-0.3, -0.25) is 0 Å². The second-order valence-electron chi connectivity index (χ2n) is 7.21. The largest absolute Gasteiger partial charge is 0.478 e. The van der Waals surface area contributed by atoms with Crippen molar-refractivity contribution in [1.29, 1.82) is 0 Å². The van der Waals surface area contributed by atoms with E-state index in [1.165, 1.54) is 29.0 Å². The molecule has 0 saturated heterocycles. The van der Waals surface area contributed by atoms with Crippen molar-refractivity contribution in [1.82, 2.24) is 10.5 Å². The van der Waals surface area contributed by atoms with E-state index in [-0.39, 0.29) is 18.3 Å². The highest BCUT2D eigenvalue weighted by molar-refractivity contribution is 5.88. The van der Waals surface area contributed by atoms with Crippen molar-refractivity contribution in [3.63, 3.8) is 0 Å². The molecule has 2 N–H and O–H groups in total. The van der Waals surface area contributed by atoms with E-state index in [9.17, 15) is 9.90 Å². The molecular weight excluding hydrogens is 346 g/mol. The molecule has 0 bridgehead atoms. The van der Waals surface area contributed by atoms with Crippen LogP contribution in [0, 0.1) is 0 Å². The van der Waals surface area contributed by atoms with Crippen LogP contribution in [0.1, 0.15) is 50.6 Å². The number of aromatic nitrogens is 1. The van der Waals surface area contributed by atoms with E-state index in [0.717, 1.165) is 50.6 Å². The summed E-state index contributed by atoms with van der Waals surface area (Å²) in [6, 6.07) is 1.73. The summed E-state index contributed by atoms with van der Waals surface area (Å²) in [7, 11) is 0. The van der Waals surface area contributed by atoms with Crippen LogP contribution in [-0.2, 0) is 15.1 Å². The summed E-state index contributed by atoms with van der Waals surface area (Å²) in [5.41, 5.74) is 3.44. The van der Waals surface area contributed by atoms with Gasteiger partial charge in [0.05, 0.1) is 0 Å². The van der Waals surface area contributed by atoms with E-state index in [2.05, 4.69) is 28.1 Å². The standard InChI is InChI=1S/C20H23N3O4/c1-13-5-2-3-8-16(15-7-4-6-14(15)11-13)22-19-21-12-20(27-19,18(24)25)17-9-10-26-23-17/h9-11H,1-8,12H2,(H,21,22)(H,24,25)/b14-11-,16-15+. The SMILES string of the molecule is C=C1/C=C2/CCC/C2=C(\NC2=NCC(C(=O)O)(c3ccon3)O2)CCCC1. The number of allylic oxidation sites excluding steroid dienone is 5. The highest BCUT2D eigenvalue weighted by Crippen LogP contribution is 2.37. The van der Waals surface area contributed by atoms with Gasteiger partial charge < -0.3 is 19.7 Å². The number of aliphatic imine (C=N–C) groups is 1. The van der Waals surface area contributed by atoms with Gasteiger partial charge in [-0.1, -0.05) is 23.4 Å². The molecule has 2 aliphatic carbocycles. The Hall–Kier alpha value is -2.83. The molecule has 1 aromatic heterocycles. The van der Waals surface area contributed by atoms with E-state index in [4.69, 9.17) is 9.26 Å². The Kier molecular flexibility index (Phi) is 4.59. The topological polar surface area (TPSA) is 97.0 Å². The maximum Gasteiger partial charge on any atom is 0.356 e. The summed E-state index contributed by atoms with van der Waals surface area (Å²) in [6.45, 7) is 4.12. The van der Waals surface area contributed by atoms with Gasteiger partial charge >= 0.3 is 5.97 Å². The molecule has 1 atom stereocenters. The van der Waals surface area contributed by atoms with E-state index < -0.39 is 11.6 Å². The molecule has 3 aliphatic rings. The highest BCUT2D eigenvalue weighted by atomic mass is 16.6. The molecule has 1 aromatic rings. The van der Waals surface area contributed by atoms with Crippen LogP contribution in [-0.4, -0.2) is 28.8 Å². The number of aliphatic carboxylic acids is 1. The molecule has 27 heavy (non-hydrogen) atoms. The van der Waals surface area contributed by atoms with Crippen LogP contribution < -0.4 is 5.32 Å². The fraction of sp³-hybridized carbons (Fsp3) is 0.450. The quantitative estimate of drug-likeness (QED) is 0.847. The van der Waals surface area contributed by atoms with E-state index in [1.807, 2.05) is 0 Å². The van der Waals surface area contributed by atoms with E-state index in [0.29, 0.717) is 0 Å². The number of nitrogens with one attached hydrogen (secondary N) is 1. The number of carbonyl (C=O) groups is 1. The third kappa shape index (κ3) is 3.29. The van der Waals surface area contributed by atoms with Gasteiger partial charge in [-0.2, -0.15) is 0 Å². The van der Waals surface area contributed by atoms with Gasteiger partial charge in [0.2, 0.25) is 0 Å². The third-order valence-corrected chi connectivity index (χ3v) is 5.35. The Morgan fingerprint density at radius 1 is 1.22 bits per heavy atom. The zero-order chi connectivity index (χ0) is 18.9. The second-order valence-corrected chi connectivity index (χ2v) is 7.21. The Morgan fingerprint density at radius 3 is 2.85 bits per heavy atom. The highest BCUT2D eigenvalue weighted by Gasteiger charge is 2.50. The zero-order valence-corrected chi connectivity index (χ0v) is 15.2. The molecule has 0 aromatic carbocycles. The zero-order valence-electron chi connectivity index (χ0n) is 15.2. The molecule has 1 saturated carbocycles. The van der Waals surface area contributed by atoms with Crippen LogP contribution in [0.4, 0.5) is 0 Å².